The molecule has 1 saturated heterocycles. The van der Waals surface area contributed by atoms with Gasteiger partial charge in [-0.1, -0.05) is 12.1 Å². The fraction of sp³-hybridized carbons (Fsp3) is 0.500. The van der Waals surface area contributed by atoms with E-state index in [0.717, 1.165) is 49.7 Å². The van der Waals surface area contributed by atoms with Crippen molar-refractivity contribution in [2.45, 2.75) is 32.8 Å². The highest BCUT2D eigenvalue weighted by Crippen LogP contribution is 2.31. The number of carbonyl (C=O) groups is 1. The van der Waals surface area contributed by atoms with E-state index in [-0.39, 0.29) is 12.0 Å². The molecule has 0 spiro atoms. The number of aryl methyl sites for hydroxylation is 2. The number of nitrogens with zero attached hydrogens (tertiary/aromatic N) is 1. The summed E-state index contributed by atoms with van der Waals surface area (Å²) in [5.74, 6) is 3.59. The van der Waals surface area contributed by atoms with Gasteiger partial charge in [0.2, 0.25) is 0 Å². The van der Waals surface area contributed by atoms with E-state index >= 15 is 0 Å². The Labute approximate surface area is 165 Å². The molecule has 6 nitrogen and oxygen atoms in total. The van der Waals surface area contributed by atoms with E-state index in [4.69, 9.17) is 13.9 Å². The molecule has 4 rings (SSSR count). The first-order valence-electron chi connectivity index (χ1n) is 10.0. The number of rotatable bonds is 5. The third kappa shape index (κ3) is 4.33. The van der Waals surface area contributed by atoms with Crippen LogP contribution in [-0.4, -0.2) is 49.7 Å². The zero-order chi connectivity index (χ0) is 19.5. The van der Waals surface area contributed by atoms with Crippen LogP contribution < -0.4 is 14.8 Å². The minimum absolute atomic E-state index is 0.0387. The lowest BCUT2D eigenvalue weighted by atomic mass is 9.96. The first-order valence-corrected chi connectivity index (χ1v) is 10.0. The molecule has 3 heterocycles. The lowest BCUT2D eigenvalue weighted by Gasteiger charge is -2.35. The first kappa shape index (κ1) is 18.9. The summed E-state index contributed by atoms with van der Waals surface area (Å²) in [6.07, 6.45) is 2.22. The van der Waals surface area contributed by atoms with Gasteiger partial charge in [-0.05, 0) is 63.9 Å². The third-order valence-electron chi connectivity index (χ3n) is 5.57. The maximum absolute atomic E-state index is 12.3. The predicted molar refractivity (Wildman–Crippen MR) is 106 cm³/mol. The molecule has 2 aromatic rings. The average Bonchev–Trinajstić information content (AvgIpc) is 3.05. The zero-order valence-electron chi connectivity index (χ0n) is 16.6. The number of furan rings is 1. The number of ether oxygens (including phenoxy) is 2. The molecule has 2 aliphatic rings. The van der Waals surface area contributed by atoms with Gasteiger partial charge in [-0.15, -0.1) is 0 Å². The van der Waals surface area contributed by atoms with Gasteiger partial charge in [0.25, 0.3) is 5.91 Å². The molecule has 1 atom stereocenters. The fourth-order valence-corrected chi connectivity index (χ4v) is 4.00. The Bertz CT molecular complexity index is 824. The van der Waals surface area contributed by atoms with Gasteiger partial charge in [-0.25, -0.2) is 0 Å². The van der Waals surface area contributed by atoms with Crippen LogP contribution in [0.4, 0.5) is 0 Å². The number of benzene rings is 1. The van der Waals surface area contributed by atoms with E-state index in [2.05, 4.69) is 10.2 Å². The van der Waals surface area contributed by atoms with Crippen molar-refractivity contribution in [1.29, 1.82) is 0 Å². The number of fused-ring (bicyclic) bond motifs is 1. The number of carbonyl (C=O) groups excluding carboxylic acids is 1. The normalized spacial score (nSPS) is 20.1. The Morgan fingerprint density at radius 2 is 1.93 bits per heavy atom. The zero-order valence-corrected chi connectivity index (χ0v) is 16.6. The molecule has 150 valence electrons. The summed E-state index contributed by atoms with van der Waals surface area (Å²) in [4.78, 5) is 14.8. The van der Waals surface area contributed by atoms with Crippen molar-refractivity contribution >= 4 is 5.91 Å². The standard InChI is InChI=1S/C22H28N2O4/c1-15-11-19(16(2)27-15)22(25)23-12-17-7-9-24(10-8-17)13-18-14-26-20-5-3-4-6-21(20)28-18/h3-6,11,17-18H,7-10,12-14H2,1-2H3,(H,23,25). The van der Waals surface area contributed by atoms with Crippen LogP contribution in [0.2, 0.25) is 0 Å². The summed E-state index contributed by atoms with van der Waals surface area (Å²) < 4.78 is 17.3. The van der Waals surface area contributed by atoms with E-state index in [0.29, 0.717) is 30.4 Å². The van der Waals surface area contributed by atoms with Crippen LogP contribution in [0.25, 0.3) is 0 Å². The minimum Gasteiger partial charge on any atom is -0.486 e. The maximum Gasteiger partial charge on any atom is 0.254 e. The van der Waals surface area contributed by atoms with Crippen molar-refractivity contribution in [1.82, 2.24) is 10.2 Å². The van der Waals surface area contributed by atoms with Crippen LogP contribution in [0.15, 0.2) is 34.7 Å². The molecule has 1 aromatic heterocycles. The molecule has 0 saturated carbocycles. The van der Waals surface area contributed by atoms with Crippen molar-refractivity contribution in [2.75, 3.05) is 32.8 Å². The summed E-state index contributed by atoms with van der Waals surface area (Å²) in [5, 5.41) is 3.07. The smallest absolute Gasteiger partial charge is 0.254 e. The van der Waals surface area contributed by atoms with Gasteiger partial charge in [0.15, 0.2) is 11.5 Å². The maximum atomic E-state index is 12.3. The van der Waals surface area contributed by atoms with Crippen molar-refractivity contribution < 1.29 is 18.7 Å². The van der Waals surface area contributed by atoms with Gasteiger partial charge in [-0.2, -0.15) is 0 Å². The highest BCUT2D eigenvalue weighted by atomic mass is 16.6. The highest BCUT2D eigenvalue weighted by molar-refractivity contribution is 5.95. The van der Waals surface area contributed by atoms with Crippen LogP contribution in [0.5, 0.6) is 11.5 Å². The molecule has 1 N–H and O–H groups in total. The molecule has 0 aliphatic carbocycles. The Morgan fingerprint density at radius 1 is 1.18 bits per heavy atom. The summed E-state index contributed by atoms with van der Waals surface area (Å²) >= 11 is 0. The second kappa shape index (κ2) is 8.27. The third-order valence-corrected chi connectivity index (χ3v) is 5.57. The summed E-state index contributed by atoms with van der Waals surface area (Å²) in [6.45, 7) is 7.91. The van der Waals surface area contributed by atoms with Gasteiger partial charge < -0.3 is 19.2 Å². The van der Waals surface area contributed by atoms with Crippen LogP contribution in [0, 0.1) is 19.8 Å². The predicted octanol–water partition coefficient (Wildman–Crippen LogP) is 3.18. The number of piperidine rings is 1. The van der Waals surface area contributed by atoms with Gasteiger partial charge in [0.05, 0.1) is 5.56 Å². The van der Waals surface area contributed by atoms with E-state index < -0.39 is 0 Å². The first-order chi connectivity index (χ1) is 13.6. The highest BCUT2D eigenvalue weighted by Gasteiger charge is 2.26. The number of amides is 1. The molecule has 6 heteroatoms. The van der Waals surface area contributed by atoms with Gasteiger partial charge >= 0.3 is 0 Å². The molecule has 0 radical (unpaired) electrons. The van der Waals surface area contributed by atoms with Gasteiger partial charge in [0.1, 0.15) is 24.2 Å². The van der Waals surface area contributed by atoms with Gasteiger partial charge in [-0.3, -0.25) is 9.69 Å². The fourth-order valence-electron chi connectivity index (χ4n) is 4.00. The van der Waals surface area contributed by atoms with Crippen molar-refractivity contribution in [2.24, 2.45) is 5.92 Å². The average molecular weight is 384 g/mol. The topological polar surface area (TPSA) is 63.9 Å². The van der Waals surface area contributed by atoms with Crippen molar-refractivity contribution in [3.63, 3.8) is 0 Å². The Morgan fingerprint density at radius 3 is 2.64 bits per heavy atom. The molecule has 1 unspecified atom stereocenters. The number of hydrogen-bond acceptors (Lipinski definition) is 5. The molecule has 1 fully saturated rings. The van der Waals surface area contributed by atoms with Crippen LogP contribution in [0.1, 0.15) is 34.7 Å². The molecule has 1 amide bonds. The molecular formula is C22H28N2O4. The molecule has 28 heavy (non-hydrogen) atoms. The minimum atomic E-state index is -0.0387. The SMILES string of the molecule is Cc1cc(C(=O)NCC2CCN(CC3COc4ccccc4O3)CC2)c(C)o1. The second-order valence-electron chi connectivity index (χ2n) is 7.78. The molecular weight excluding hydrogens is 356 g/mol. The Kier molecular flexibility index (Phi) is 5.57. The van der Waals surface area contributed by atoms with Crippen molar-refractivity contribution in [3.8, 4) is 11.5 Å². The van der Waals surface area contributed by atoms with E-state index in [1.807, 2.05) is 38.1 Å². The summed E-state index contributed by atoms with van der Waals surface area (Å²) in [5.41, 5.74) is 0.643. The van der Waals surface area contributed by atoms with E-state index in [1.54, 1.807) is 6.07 Å². The van der Waals surface area contributed by atoms with Crippen molar-refractivity contribution in [3.05, 3.63) is 47.4 Å². The van der Waals surface area contributed by atoms with Crippen LogP contribution in [-0.2, 0) is 0 Å². The molecule has 1 aromatic carbocycles. The number of hydrogen-bond donors (Lipinski definition) is 1. The second-order valence-corrected chi connectivity index (χ2v) is 7.78. The Hall–Kier alpha value is -2.47. The van der Waals surface area contributed by atoms with E-state index in [1.165, 1.54) is 0 Å². The molecule has 0 bridgehead atoms. The molecule has 2 aliphatic heterocycles. The van der Waals surface area contributed by atoms with Crippen LogP contribution in [0.3, 0.4) is 0 Å². The van der Waals surface area contributed by atoms with Gasteiger partial charge in [0, 0.05) is 13.1 Å². The largest absolute Gasteiger partial charge is 0.486 e. The Balaban J connectivity index is 1.20. The number of para-hydroxylation sites is 2. The number of nitrogens with one attached hydrogen (secondary N) is 1. The monoisotopic (exact) mass is 384 g/mol. The number of likely N-dealkylation sites (tertiary alicyclic amines) is 1. The van der Waals surface area contributed by atoms with E-state index in [9.17, 15) is 4.79 Å². The summed E-state index contributed by atoms with van der Waals surface area (Å²) in [6, 6.07) is 9.63. The summed E-state index contributed by atoms with van der Waals surface area (Å²) in [7, 11) is 0. The van der Waals surface area contributed by atoms with Crippen LogP contribution >= 0.6 is 0 Å². The quantitative estimate of drug-likeness (QED) is 0.858. The lowest BCUT2D eigenvalue weighted by Crippen LogP contribution is -2.45. The lowest BCUT2D eigenvalue weighted by molar-refractivity contribution is 0.0476.